The highest BCUT2D eigenvalue weighted by Crippen LogP contribution is 2.21. The molecular weight excluding hydrogens is 324 g/mol. The zero-order valence-corrected chi connectivity index (χ0v) is 14.9. The highest BCUT2D eigenvalue weighted by Gasteiger charge is 2.23. The molecule has 2 aromatic carbocycles. The number of para-hydroxylation sites is 2. The summed E-state index contributed by atoms with van der Waals surface area (Å²) in [5.74, 6) is 1.12. The van der Waals surface area contributed by atoms with Gasteiger partial charge in [0.1, 0.15) is 0 Å². The summed E-state index contributed by atoms with van der Waals surface area (Å²) in [6.07, 6.45) is 0.468. The number of hydrogen-bond acceptors (Lipinski definition) is 4. The van der Waals surface area contributed by atoms with E-state index in [1.54, 1.807) is 0 Å². The van der Waals surface area contributed by atoms with Crippen molar-refractivity contribution in [2.45, 2.75) is 13.3 Å². The van der Waals surface area contributed by atoms with E-state index in [-0.39, 0.29) is 5.91 Å². The first-order valence-electron chi connectivity index (χ1n) is 9.01. The van der Waals surface area contributed by atoms with Gasteiger partial charge in [-0.2, -0.15) is 0 Å². The van der Waals surface area contributed by atoms with Gasteiger partial charge in [0.15, 0.2) is 5.82 Å². The van der Waals surface area contributed by atoms with E-state index in [0.717, 1.165) is 54.3 Å². The van der Waals surface area contributed by atoms with Crippen LogP contribution in [-0.4, -0.2) is 47.0 Å². The van der Waals surface area contributed by atoms with Crippen molar-refractivity contribution in [3.63, 3.8) is 0 Å². The standard InChI is InChI=1S/C21H22N4O/c1-16-21(23-19-10-6-5-9-18(19)22-16)25-13-11-24(12-14-25)20(26)15-17-7-3-2-4-8-17/h2-10H,11-15H2,1H3. The maximum atomic E-state index is 12.5. The predicted molar refractivity (Wildman–Crippen MR) is 103 cm³/mol. The van der Waals surface area contributed by atoms with Crippen molar-refractivity contribution in [3.8, 4) is 0 Å². The Morgan fingerprint density at radius 2 is 1.50 bits per heavy atom. The first-order chi connectivity index (χ1) is 12.7. The highest BCUT2D eigenvalue weighted by atomic mass is 16.2. The first-order valence-corrected chi connectivity index (χ1v) is 9.01. The highest BCUT2D eigenvalue weighted by molar-refractivity contribution is 5.79. The summed E-state index contributed by atoms with van der Waals surface area (Å²) in [5.41, 5.74) is 3.84. The Morgan fingerprint density at radius 3 is 2.19 bits per heavy atom. The third-order valence-corrected chi connectivity index (χ3v) is 4.85. The second-order valence-electron chi connectivity index (χ2n) is 6.65. The molecule has 1 saturated heterocycles. The fourth-order valence-corrected chi connectivity index (χ4v) is 3.43. The zero-order chi connectivity index (χ0) is 17.9. The number of aromatic nitrogens is 2. The van der Waals surface area contributed by atoms with E-state index >= 15 is 0 Å². The largest absolute Gasteiger partial charge is 0.352 e. The van der Waals surface area contributed by atoms with Crippen LogP contribution in [-0.2, 0) is 11.2 Å². The number of piperazine rings is 1. The number of aryl methyl sites for hydroxylation is 1. The first kappa shape index (κ1) is 16.5. The average Bonchev–Trinajstić information content (AvgIpc) is 2.68. The smallest absolute Gasteiger partial charge is 0.227 e. The number of nitrogens with zero attached hydrogens (tertiary/aromatic N) is 4. The fraction of sp³-hybridized carbons (Fsp3) is 0.286. The van der Waals surface area contributed by atoms with Crippen molar-refractivity contribution < 1.29 is 4.79 Å². The van der Waals surface area contributed by atoms with E-state index in [1.165, 1.54) is 0 Å². The summed E-state index contributed by atoms with van der Waals surface area (Å²) in [5, 5.41) is 0. The molecule has 5 heteroatoms. The Balaban J connectivity index is 1.43. The maximum Gasteiger partial charge on any atom is 0.227 e. The molecule has 1 amide bonds. The van der Waals surface area contributed by atoms with Gasteiger partial charge in [-0.25, -0.2) is 9.97 Å². The molecule has 1 aliphatic rings. The monoisotopic (exact) mass is 346 g/mol. The molecule has 0 N–H and O–H groups in total. The molecule has 1 aromatic heterocycles. The third kappa shape index (κ3) is 3.38. The lowest BCUT2D eigenvalue weighted by molar-refractivity contribution is -0.130. The lowest BCUT2D eigenvalue weighted by Crippen LogP contribution is -2.49. The molecule has 132 valence electrons. The molecule has 1 fully saturated rings. The SMILES string of the molecule is Cc1nc2ccccc2nc1N1CCN(C(=O)Cc2ccccc2)CC1. The summed E-state index contributed by atoms with van der Waals surface area (Å²) in [4.78, 5) is 26.2. The summed E-state index contributed by atoms with van der Waals surface area (Å²) < 4.78 is 0. The van der Waals surface area contributed by atoms with Gasteiger partial charge in [0.25, 0.3) is 0 Å². The lowest BCUT2D eigenvalue weighted by atomic mass is 10.1. The third-order valence-electron chi connectivity index (χ3n) is 4.85. The quantitative estimate of drug-likeness (QED) is 0.732. The second kappa shape index (κ2) is 7.12. The van der Waals surface area contributed by atoms with Gasteiger partial charge >= 0.3 is 0 Å². The van der Waals surface area contributed by atoms with Gasteiger partial charge < -0.3 is 9.80 Å². The fourth-order valence-electron chi connectivity index (χ4n) is 3.43. The number of fused-ring (bicyclic) bond motifs is 1. The van der Waals surface area contributed by atoms with Gasteiger partial charge in [-0.15, -0.1) is 0 Å². The molecule has 0 aliphatic carbocycles. The topological polar surface area (TPSA) is 49.3 Å². The van der Waals surface area contributed by atoms with E-state index in [1.807, 2.05) is 66.4 Å². The predicted octanol–water partition coefficient (Wildman–Crippen LogP) is 2.83. The van der Waals surface area contributed by atoms with Crippen molar-refractivity contribution in [2.24, 2.45) is 0 Å². The van der Waals surface area contributed by atoms with Crippen LogP contribution in [0.2, 0.25) is 0 Å². The molecule has 0 atom stereocenters. The summed E-state index contributed by atoms with van der Waals surface area (Å²) >= 11 is 0. The van der Waals surface area contributed by atoms with Crippen LogP contribution in [0.25, 0.3) is 11.0 Å². The van der Waals surface area contributed by atoms with Crippen LogP contribution < -0.4 is 4.90 Å². The number of anilines is 1. The van der Waals surface area contributed by atoms with E-state index in [9.17, 15) is 4.79 Å². The molecule has 3 aromatic rings. The molecule has 0 bridgehead atoms. The van der Waals surface area contributed by atoms with E-state index in [2.05, 4.69) is 9.88 Å². The number of benzene rings is 2. The van der Waals surface area contributed by atoms with Crippen molar-refractivity contribution in [3.05, 3.63) is 65.9 Å². The number of carbonyl (C=O) groups excluding carboxylic acids is 1. The Morgan fingerprint density at radius 1 is 0.885 bits per heavy atom. The minimum absolute atomic E-state index is 0.192. The number of hydrogen-bond donors (Lipinski definition) is 0. The van der Waals surface area contributed by atoms with Crippen LogP contribution in [0.15, 0.2) is 54.6 Å². The zero-order valence-electron chi connectivity index (χ0n) is 14.9. The van der Waals surface area contributed by atoms with Crippen LogP contribution in [0.3, 0.4) is 0 Å². The van der Waals surface area contributed by atoms with Crippen molar-refractivity contribution >= 4 is 22.8 Å². The molecule has 26 heavy (non-hydrogen) atoms. The molecule has 2 heterocycles. The van der Waals surface area contributed by atoms with E-state index < -0.39 is 0 Å². The molecule has 0 saturated carbocycles. The minimum atomic E-state index is 0.192. The van der Waals surface area contributed by atoms with Gasteiger partial charge in [0.2, 0.25) is 5.91 Å². The average molecular weight is 346 g/mol. The van der Waals surface area contributed by atoms with Gasteiger partial charge in [0.05, 0.1) is 23.1 Å². The number of carbonyl (C=O) groups is 1. The molecule has 0 spiro atoms. The summed E-state index contributed by atoms with van der Waals surface area (Å²) in [6, 6.07) is 17.9. The molecule has 4 rings (SSSR count). The molecule has 1 aliphatic heterocycles. The van der Waals surface area contributed by atoms with Gasteiger partial charge in [-0.05, 0) is 24.6 Å². The number of rotatable bonds is 3. The van der Waals surface area contributed by atoms with Crippen LogP contribution in [0, 0.1) is 6.92 Å². The molecule has 0 unspecified atom stereocenters. The Bertz CT molecular complexity index is 918. The normalized spacial score (nSPS) is 14.7. The Kier molecular flexibility index (Phi) is 4.52. The molecule has 5 nitrogen and oxygen atoms in total. The van der Waals surface area contributed by atoms with Crippen LogP contribution in [0.4, 0.5) is 5.82 Å². The van der Waals surface area contributed by atoms with E-state index in [4.69, 9.17) is 4.98 Å². The maximum absolute atomic E-state index is 12.5. The molecular formula is C21H22N4O. The number of amides is 1. The van der Waals surface area contributed by atoms with Gasteiger partial charge in [0, 0.05) is 26.2 Å². The van der Waals surface area contributed by atoms with Gasteiger partial charge in [-0.3, -0.25) is 4.79 Å². The van der Waals surface area contributed by atoms with Crippen molar-refractivity contribution in [1.29, 1.82) is 0 Å². The second-order valence-corrected chi connectivity index (χ2v) is 6.65. The van der Waals surface area contributed by atoms with Crippen LogP contribution in [0.5, 0.6) is 0 Å². The van der Waals surface area contributed by atoms with Gasteiger partial charge in [-0.1, -0.05) is 42.5 Å². The van der Waals surface area contributed by atoms with Crippen LogP contribution >= 0.6 is 0 Å². The Hall–Kier alpha value is -2.95. The molecule has 0 radical (unpaired) electrons. The Labute approximate surface area is 153 Å². The van der Waals surface area contributed by atoms with Crippen molar-refractivity contribution in [1.82, 2.24) is 14.9 Å². The lowest BCUT2D eigenvalue weighted by Gasteiger charge is -2.36. The summed E-state index contributed by atoms with van der Waals surface area (Å²) in [6.45, 7) is 5.02. The van der Waals surface area contributed by atoms with Crippen LogP contribution in [0.1, 0.15) is 11.3 Å². The summed E-state index contributed by atoms with van der Waals surface area (Å²) in [7, 11) is 0. The van der Waals surface area contributed by atoms with E-state index in [0.29, 0.717) is 6.42 Å². The minimum Gasteiger partial charge on any atom is -0.352 e. The van der Waals surface area contributed by atoms with Crippen molar-refractivity contribution in [2.75, 3.05) is 31.1 Å².